The third-order valence-corrected chi connectivity index (χ3v) is 5.55. The maximum atomic E-state index is 12.7. The van der Waals surface area contributed by atoms with Crippen LogP contribution in [0.4, 0.5) is 40.6 Å². The van der Waals surface area contributed by atoms with E-state index in [4.69, 9.17) is 0 Å². The molecule has 2 heterocycles. The number of halogens is 8. The highest BCUT2D eigenvalue weighted by Crippen LogP contribution is 2.35. The Morgan fingerprint density at radius 3 is 1.49 bits per heavy atom. The molecule has 0 aliphatic carbocycles. The van der Waals surface area contributed by atoms with E-state index >= 15 is 0 Å². The fourth-order valence-electron chi connectivity index (χ4n) is 3.18. The topological polar surface area (TPSA) is 129 Å². The Morgan fingerprint density at radius 1 is 0.743 bits per heavy atom. The summed E-state index contributed by atoms with van der Waals surface area (Å²) in [5.41, 5.74) is -7.51. The molecule has 0 saturated carbocycles. The normalized spacial score (nSPS) is 22.1. The largest absolute Gasteiger partial charge is 0.377 e. The van der Waals surface area contributed by atoms with Crippen molar-refractivity contribution < 1.29 is 50.7 Å². The molecule has 0 aromatic rings. The summed E-state index contributed by atoms with van der Waals surface area (Å²) in [4.78, 5) is 33.9. The standard InChI is InChI=1S/C7H13F4N5O2.C5H7F4N5O3/c1-6(2)12(3)4-7(14(8)9,15(10)11)5-13(6)16(17)18;1-10-2-5(12(6)7,13(8)9)3-11(4(10)15)14(16)17/h4-5H2,1-3H3;2-3H2,1H3. The lowest BCUT2D eigenvalue weighted by Gasteiger charge is -2.50. The van der Waals surface area contributed by atoms with Crippen LogP contribution in [-0.2, 0) is 0 Å². The summed E-state index contributed by atoms with van der Waals surface area (Å²) in [7, 11) is 2.16. The monoisotopic (exact) mass is 536 g/mol. The number of hydrazine groups is 2. The maximum absolute atomic E-state index is 12.7. The van der Waals surface area contributed by atoms with Crippen LogP contribution < -0.4 is 0 Å². The van der Waals surface area contributed by atoms with Gasteiger partial charge in [0, 0.05) is 13.6 Å². The zero-order chi connectivity index (χ0) is 27.7. The number of hydrogen-bond acceptors (Lipinski definition) is 10. The van der Waals surface area contributed by atoms with Gasteiger partial charge in [-0.3, -0.25) is 4.90 Å². The lowest BCUT2D eigenvalue weighted by atomic mass is 10.0. The van der Waals surface area contributed by atoms with Gasteiger partial charge in [0.15, 0.2) is 10.1 Å². The van der Waals surface area contributed by atoms with Crippen LogP contribution in [0.1, 0.15) is 13.8 Å². The first-order valence-electron chi connectivity index (χ1n) is 9.05. The van der Waals surface area contributed by atoms with Crippen LogP contribution in [0.5, 0.6) is 0 Å². The lowest BCUT2D eigenvalue weighted by molar-refractivity contribution is -0.692. The zero-order valence-corrected chi connectivity index (χ0v) is 18.4. The van der Waals surface area contributed by atoms with E-state index in [9.17, 15) is 60.9 Å². The molecule has 0 aromatic heterocycles. The zero-order valence-electron chi connectivity index (χ0n) is 18.4. The van der Waals surface area contributed by atoms with Crippen molar-refractivity contribution in [2.75, 3.05) is 40.3 Å². The average molecular weight is 536 g/mol. The smallest absolute Gasteiger partial charge is 0.320 e. The minimum Gasteiger partial charge on any atom is -0.320 e. The molecular weight excluding hydrogens is 516 g/mol. The molecule has 2 saturated heterocycles. The van der Waals surface area contributed by atoms with Crippen LogP contribution in [0.3, 0.4) is 0 Å². The van der Waals surface area contributed by atoms with E-state index in [0.29, 0.717) is 9.91 Å². The van der Waals surface area contributed by atoms with Crippen LogP contribution >= 0.6 is 0 Å². The summed E-state index contributed by atoms with van der Waals surface area (Å²) < 4.78 is 101. The van der Waals surface area contributed by atoms with Gasteiger partial charge < -0.3 is 4.90 Å². The quantitative estimate of drug-likeness (QED) is 0.161. The molecule has 2 amide bonds. The van der Waals surface area contributed by atoms with Crippen LogP contribution in [0.25, 0.3) is 0 Å². The molecule has 0 atom stereocenters. The van der Waals surface area contributed by atoms with Crippen LogP contribution in [0.2, 0.25) is 0 Å². The predicted octanol–water partition coefficient (Wildman–Crippen LogP) is 1.38. The van der Waals surface area contributed by atoms with Gasteiger partial charge >= 0.3 is 6.03 Å². The molecule has 2 aliphatic rings. The fourth-order valence-corrected chi connectivity index (χ4v) is 3.18. The van der Waals surface area contributed by atoms with E-state index in [1.165, 1.54) is 20.9 Å². The number of rotatable bonds is 6. The number of nitrogens with zero attached hydrogens (tertiary/aromatic N) is 10. The molecule has 0 unspecified atom stereocenters. The van der Waals surface area contributed by atoms with E-state index < -0.39 is 80.6 Å². The molecule has 2 rings (SSSR count). The molecule has 0 bridgehead atoms. The Morgan fingerprint density at radius 2 is 1.14 bits per heavy atom. The Kier molecular flexibility index (Phi) is 8.94. The summed E-state index contributed by atoms with van der Waals surface area (Å²) >= 11 is 0. The van der Waals surface area contributed by atoms with Gasteiger partial charge in [-0.05, 0) is 25.9 Å². The number of amides is 2. The number of likely N-dealkylation sites (N-methyl/N-ethyl adjacent to an activating group) is 2. The minimum absolute atomic E-state index is 0.304. The molecule has 0 aromatic carbocycles. The third kappa shape index (κ3) is 5.52. The van der Waals surface area contributed by atoms with Crippen LogP contribution in [-0.4, -0.2) is 115 Å². The van der Waals surface area contributed by atoms with Gasteiger partial charge in [-0.1, -0.05) is 35.9 Å². The van der Waals surface area contributed by atoms with E-state index in [2.05, 4.69) is 0 Å². The molecule has 0 spiro atoms. The number of carbonyl (C=O) groups is 1. The number of hydrogen-bond donors (Lipinski definition) is 0. The first-order chi connectivity index (χ1) is 15.8. The number of urea groups is 1. The van der Waals surface area contributed by atoms with Crippen molar-refractivity contribution in [2.24, 2.45) is 0 Å². The Hall–Kier alpha value is -2.89. The van der Waals surface area contributed by atoms with Crippen molar-refractivity contribution in [3.05, 3.63) is 20.2 Å². The summed E-state index contributed by atoms with van der Waals surface area (Å²) in [5.74, 6) is 0. The van der Waals surface area contributed by atoms with Gasteiger partial charge in [0.25, 0.3) is 0 Å². The van der Waals surface area contributed by atoms with Crippen LogP contribution in [0, 0.1) is 20.2 Å². The second kappa shape index (κ2) is 10.4. The summed E-state index contributed by atoms with van der Waals surface area (Å²) in [6.07, 6.45) is 0. The van der Waals surface area contributed by atoms with E-state index in [0.717, 1.165) is 11.9 Å². The van der Waals surface area contributed by atoms with Gasteiger partial charge in [0.1, 0.15) is 18.8 Å². The second-order valence-electron chi connectivity index (χ2n) is 7.98. The van der Waals surface area contributed by atoms with Crippen molar-refractivity contribution in [1.82, 2.24) is 41.2 Å². The highest BCUT2D eigenvalue weighted by Gasteiger charge is 2.60. The SMILES string of the molecule is CN1CC(N(F)F)(N(F)F)CN([N+](=O)[O-])C1(C)C.CN1CC(N(F)F)(N(F)F)CN([N+](=O)[O-])C1=O. The highest BCUT2D eigenvalue weighted by molar-refractivity contribution is 5.74. The first-order valence-corrected chi connectivity index (χ1v) is 9.05. The minimum atomic E-state index is -3.23. The average Bonchev–Trinajstić information content (AvgIpc) is 2.71. The summed E-state index contributed by atoms with van der Waals surface area (Å²) in [6.45, 7) is -1.62. The number of nitro groups is 2. The highest BCUT2D eigenvalue weighted by atomic mass is 19.4. The fraction of sp³-hybridized carbons (Fsp3) is 0.917. The van der Waals surface area contributed by atoms with Crippen molar-refractivity contribution in [1.29, 1.82) is 0 Å². The molecule has 0 N–H and O–H groups in total. The van der Waals surface area contributed by atoms with Gasteiger partial charge in [0.05, 0.1) is 27.9 Å². The predicted molar refractivity (Wildman–Crippen MR) is 93.8 cm³/mol. The van der Waals surface area contributed by atoms with Crippen molar-refractivity contribution >= 4 is 6.03 Å². The van der Waals surface area contributed by atoms with Gasteiger partial charge in [-0.25, -0.2) is 25.0 Å². The number of carbonyl (C=O) groups excluding carboxylic acids is 1. The second-order valence-corrected chi connectivity index (χ2v) is 7.98. The van der Waals surface area contributed by atoms with E-state index in [-0.39, 0.29) is 5.01 Å². The Bertz CT molecular complexity index is 792. The molecule has 23 heteroatoms. The Labute approximate surface area is 190 Å². The maximum Gasteiger partial charge on any atom is 0.377 e. The molecule has 15 nitrogen and oxygen atoms in total. The van der Waals surface area contributed by atoms with Gasteiger partial charge in [0.2, 0.25) is 11.3 Å². The van der Waals surface area contributed by atoms with Gasteiger partial charge in [-0.2, -0.15) is 0 Å². The molecule has 2 aliphatic heterocycles. The third-order valence-electron chi connectivity index (χ3n) is 5.55. The molecular formula is C12H20F8N10O5. The van der Waals surface area contributed by atoms with Crippen LogP contribution in [0.15, 0.2) is 0 Å². The van der Waals surface area contributed by atoms with E-state index in [1.807, 2.05) is 0 Å². The molecule has 35 heavy (non-hydrogen) atoms. The first kappa shape index (κ1) is 30.1. The van der Waals surface area contributed by atoms with E-state index in [1.54, 1.807) is 0 Å². The molecule has 0 radical (unpaired) electrons. The van der Waals surface area contributed by atoms with Crippen molar-refractivity contribution in [2.45, 2.75) is 30.8 Å². The van der Waals surface area contributed by atoms with Crippen molar-refractivity contribution in [3.8, 4) is 0 Å². The summed E-state index contributed by atoms with van der Waals surface area (Å²) in [5, 5.41) is 11.9. The Balaban J connectivity index is 0.000000351. The summed E-state index contributed by atoms with van der Waals surface area (Å²) in [6, 6.07) is -1.24. The van der Waals surface area contributed by atoms with Crippen molar-refractivity contribution in [3.63, 3.8) is 0 Å². The lowest BCUT2D eigenvalue weighted by Crippen LogP contribution is -2.74. The molecule has 204 valence electrons. The molecule has 2 fully saturated rings. The van der Waals surface area contributed by atoms with Gasteiger partial charge in [-0.15, -0.1) is 5.01 Å².